The summed E-state index contributed by atoms with van der Waals surface area (Å²) < 4.78 is 14.1. The molecular formula is C40H60N2O7. The quantitative estimate of drug-likeness (QED) is 0.0800. The summed E-state index contributed by atoms with van der Waals surface area (Å²) in [7, 11) is 0. The van der Waals surface area contributed by atoms with Gasteiger partial charge in [0.15, 0.2) is 0 Å². The van der Waals surface area contributed by atoms with E-state index in [1.165, 1.54) is 25.7 Å². The lowest BCUT2D eigenvalue weighted by atomic mass is 9.55. The maximum atomic E-state index is 14.4. The Morgan fingerprint density at radius 3 is 2.55 bits per heavy atom. The van der Waals surface area contributed by atoms with Crippen molar-refractivity contribution < 1.29 is 34.4 Å². The van der Waals surface area contributed by atoms with Crippen molar-refractivity contribution in [3.8, 4) is 11.5 Å². The molecule has 2 saturated carbocycles. The summed E-state index contributed by atoms with van der Waals surface area (Å²) in [5, 5.41) is 35.0. The van der Waals surface area contributed by atoms with Gasteiger partial charge in [-0.15, -0.1) is 6.58 Å². The van der Waals surface area contributed by atoms with E-state index in [4.69, 9.17) is 19.5 Å². The van der Waals surface area contributed by atoms with Crippen LogP contribution in [0, 0.1) is 23.7 Å². The highest BCUT2D eigenvalue weighted by Crippen LogP contribution is 2.62. The number of nitrogens with zero attached hydrogens (tertiary/aromatic N) is 2. The summed E-state index contributed by atoms with van der Waals surface area (Å²) >= 11 is 0. The van der Waals surface area contributed by atoms with E-state index in [0.29, 0.717) is 44.1 Å². The second kappa shape index (κ2) is 17.9. The third-order valence-electron chi connectivity index (χ3n) is 11.4. The van der Waals surface area contributed by atoms with E-state index in [2.05, 4.69) is 19.6 Å². The Kier molecular flexibility index (Phi) is 13.6. The van der Waals surface area contributed by atoms with Crippen LogP contribution in [0.15, 0.2) is 47.7 Å². The monoisotopic (exact) mass is 680 g/mol. The summed E-state index contributed by atoms with van der Waals surface area (Å²) in [5.41, 5.74) is 2.77. The molecule has 272 valence electrons. The fourth-order valence-electron chi connectivity index (χ4n) is 9.27. The number of hydrogen-bond donors (Lipinski definition) is 3. The van der Waals surface area contributed by atoms with Crippen LogP contribution in [0.5, 0.6) is 11.5 Å². The normalized spacial score (nSPS) is 28.4. The van der Waals surface area contributed by atoms with Crippen LogP contribution in [0.4, 0.5) is 0 Å². The number of amides is 1. The molecule has 1 aliphatic heterocycles. The summed E-state index contributed by atoms with van der Waals surface area (Å²) in [6.07, 6.45) is 16.5. The molecule has 49 heavy (non-hydrogen) atoms. The zero-order valence-electron chi connectivity index (χ0n) is 29.9. The summed E-state index contributed by atoms with van der Waals surface area (Å²) in [5.74, 6) is 0.172. The van der Waals surface area contributed by atoms with Crippen LogP contribution in [0.2, 0.25) is 0 Å². The Balaban J connectivity index is 1.69. The van der Waals surface area contributed by atoms with Gasteiger partial charge in [-0.25, -0.2) is 0 Å². The Morgan fingerprint density at radius 1 is 1.10 bits per heavy atom. The zero-order chi connectivity index (χ0) is 34.8. The van der Waals surface area contributed by atoms with Crippen molar-refractivity contribution in [2.24, 2.45) is 28.8 Å². The Hall–Kier alpha value is -2.88. The van der Waals surface area contributed by atoms with Crippen molar-refractivity contribution in [3.05, 3.63) is 48.1 Å². The van der Waals surface area contributed by atoms with Gasteiger partial charge in [-0.3, -0.25) is 4.79 Å². The van der Waals surface area contributed by atoms with Gasteiger partial charge in [0.25, 0.3) is 0 Å². The van der Waals surface area contributed by atoms with Crippen LogP contribution in [0.25, 0.3) is 0 Å². The topological polar surface area (TPSA) is 121 Å². The molecule has 3 N–H and O–H groups in total. The van der Waals surface area contributed by atoms with E-state index >= 15 is 0 Å². The summed E-state index contributed by atoms with van der Waals surface area (Å²) in [4.78, 5) is 22.2. The molecule has 6 unspecified atom stereocenters. The van der Waals surface area contributed by atoms with Gasteiger partial charge in [0.2, 0.25) is 11.7 Å². The lowest BCUT2D eigenvalue weighted by molar-refractivity contribution is -0.257. The van der Waals surface area contributed by atoms with Crippen LogP contribution in [0.3, 0.4) is 0 Å². The molecule has 0 saturated heterocycles. The van der Waals surface area contributed by atoms with Gasteiger partial charge >= 0.3 is 0 Å². The van der Waals surface area contributed by atoms with Gasteiger partial charge in [0.05, 0.1) is 18.2 Å². The van der Waals surface area contributed by atoms with Gasteiger partial charge < -0.3 is 34.5 Å². The maximum Gasteiger partial charge on any atom is 0.239 e. The minimum atomic E-state index is -1.23. The number of phenols is 1. The Bertz CT molecular complexity index is 1310. The first kappa shape index (κ1) is 37.4. The zero-order valence-corrected chi connectivity index (χ0v) is 29.9. The average molecular weight is 681 g/mol. The van der Waals surface area contributed by atoms with E-state index in [1.807, 2.05) is 24.0 Å². The maximum absolute atomic E-state index is 14.4. The standard InChI is InChI=1S/C40H60N2O7/c1-4-21-42(37(46)20-17-28-13-7-8-14-28)36-27-34(41-48-6-3)32-25-29(15-9-11-22-43)31(16-10-12-23-44)38-33-26-30(45)18-19-35(33)49-40(36,39(32)38)47-24-5-2/h5,18-19,25-26,28-29,31,36,38-39,43-45H,2,4,6-17,20-24,27H2,1,3H3. The summed E-state index contributed by atoms with van der Waals surface area (Å²) in [6.45, 7) is 9.54. The molecule has 2 fully saturated rings. The number of ether oxygens (including phenoxy) is 2. The molecule has 0 aromatic heterocycles. The molecule has 0 radical (unpaired) electrons. The van der Waals surface area contributed by atoms with E-state index in [0.717, 1.165) is 61.8 Å². The number of allylic oxidation sites excluding steroid dienone is 1. The molecule has 1 aromatic rings. The van der Waals surface area contributed by atoms with Crippen molar-refractivity contribution in [1.29, 1.82) is 0 Å². The largest absolute Gasteiger partial charge is 0.508 e. The van der Waals surface area contributed by atoms with Crippen molar-refractivity contribution >= 4 is 11.6 Å². The second-order valence-corrected chi connectivity index (χ2v) is 14.5. The fourth-order valence-corrected chi connectivity index (χ4v) is 9.27. The molecule has 3 aliphatic carbocycles. The number of hydrogen-bond acceptors (Lipinski definition) is 8. The van der Waals surface area contributed by atoms with Gasteiger partial charge in [-0.1, -0.05) is 62.8 Å². The molecule has 9 nitrogen and oxygen atoms in total. The molecule has 0 spiro atoms. The molecule has 1 amide bonds. The van der Waals surface area contributed by atoms with Gasteiger partial charge in [0.1, 0.15) is 24.1 Å². The van der Waals surface area contributed by atoms with Gasteiger partial charge in [-0.05, 0) is 87.0 Å². The molecule has 0 bridgehead atoms. The van der Waals surface area contributed by atoms with Crippen molar-refractivity contribution in [2.75, 3.05) is 33.0 Å². The van der Waals surface area contributed by atoms with E-state index in [1.54, 1.807) is 12.1 Å². The number of aliphatic hydroxyl groups is 2. The number of rotatable bonds is 19. The number of aliphatic hydroxyl groups excluding tert-OH is 2. The molecular weight excluding hydrogens is 620 g/mol. The number of aromatic hydroxyl groups is 1. The van der Waals surface area contributed by atoms with Crippen LogP contribution in [-0.4, -0.2) is 76.6 Å². The minimum Gasteiger partial charge on any atom is -0.508 e. The highest BCUT2D eigenvalue weighted by molar-refractivity contribution is 6.03. The first-order valence-electron chi connectivity index (χ1n) is 19.1. The van der Waals surface area contributed by atoms with Crippen molar-refractivity contribution in [2.45, 2.75) is 121 Å². The van der Waals surface area contributed by atoms with Crippen molar-refractivity contribution in [1.82, 2.24) is 4.90 Å². The van der Waals surface area contributed by atoms with Crippen LogP contribution in [0.1, 0.15) is 115 Å². The van der Waals surface area contributed by atoms with E-state index < -0.39 is 11.8 Å². The number of fused-ring (bicyclic) bond motifs is 2. The predicted molar refractivity (Wildman–Crippen MR) is 191 cm³/mol. The van der Waals surface area contributed by atoms with E-state index in [-0.39, 0.29) is 55.1 Å². The van der Waals surface area contributed by atoms with Gasteiger partial charge in [-0.2, -0.15) is 0 Å². The predicted octanol–water partition coefficient (Wildman–Crippen LogP) is 7.25. The highest BCUT2D eigenvalue weighted by Gasteiger charge is 2.65. The first-order valence-corrected chi connectivity index (χ1v) is 19.1. The molecule has 4 aliphatic rings. The number of carbonyl (C=O) groups is 1. The molecule has 5 rings (SSSR count). The van der Waals surface area contributed by atoms with Crippen molar-refractivity contribution in [3.63, 3.8) is 0 Å². The average Bonchev–Trinajstić information content (AvgIpc) is 3.63. The number of unbranched alkanes of at least 4 members (excludes halogenated alkanes) is 2. The first-order chi connectivity index (χ1) is 23.9. The summed E-state index contributed by atoms with van der Waals surface area (Å²) in [6, 6.07) is 4.87. The molecule has 9 heteroatoms. The third kappa shape index (κ3) is 8.20. The number of carbonyl (C=O) groups excluding carboxylic acids is 1. The van der Waals surface area contributed by atoms with Crippen LogP contribution in [-0.2, 0) is 14.4 Å². The van der Waals surface area contributed by atoms with Crippen LogP contribution < -0.4 is 4.74 Å². The smallest absolute Gasteiger partial charge is 0.239 e. The minimum absolute atomic E-state index is 0.120. The SMILES string of the molecule is C=CCOC12Oc3ccc(O)cc3C3C(CCCCO)C(CCCCO)C=C(C(=NOCC)CC1N(CCC)C(=O)CCC1CCCC1)C32. The Labute approximate surface area is 293 Å². The van der Waals surface area contributed by atoms with Crippen LogP contribution >= 0.6 is 0 Å². The number of benzene rings is 1. The molecule has 6 atom stereocenters. The second-order valence-electron chi connectivity index (χ2n) is 14.5. The Morgan fingerprint density at radius 2 is 1.86 bits per heavy atom. The number of phenolic OH excluding ortho intramolecular Hbond substituents is 1. The highest BCUT2D eigenvalue weighted by atomic mass is 16.7. The third-order valence-corrected chi connectivity index (χ3v) is 11.4. The number of oxime groups is 1. The molecule has 1 heterocycles. The lowest BCUT2D eigenvalue weighted by Gasteiger charge is -2.60. The fraction of sp³-hybridized carbons (Fsp3) is 0.700. The van der Waals surface area contributed by atoms with E-state index in [9.17, 15) is 20.1 Å². The lowest BCUT2D eigenvalue weighted by Crippen LogP contribution is -2.70. The molecule has 1 aromatic carbocycles. The van der Waals surface area contributed by atoms with Gasteiger partial charge in [0, 0.05) is 44.1 Å².